The van der Waals surface area contributed by atoms with Crippen LogP contribution in [0, 0.1) is 5.41 Å². The van der Waals surface area contributed by atoms with E-state index in [9.17, 15) is 9.59 Å². The number of aromatic amines is 1. The number of hydrogen-bond donors (Lipinski definition) is 2. The molecule has 2 N–H and O–H groups in total. The second kappa shape index (κ2) is 8.06. The fourth-order valence-electron chi connectivity index (χ4n) is 3.92. The third-order valence-electron chi connectivity index (χ3n) is 5.61. The summed E-state index contributed by atoms with van der Waals surface area (Å²) in [5, 5.41) is 8.74. The van der Waals surface area contributed by atoms with Crippen LogP contribution >= 0.6 is 27.7 Å². The first-order valence-corrected chi connectivity index (χ1v) is 11.9. The number of aryl methyl sites for hydroxylation is 1. The van der Waals surface area contributed by atoms with Gasteiger partial charge in [-0.15, -0.1) is 0 Å². The molecule has 5 heterocycles. The van der Waals surface area contributed by atoms with Crippen LogP contribution in [0.25, 0.3) is 11.2 Å². The predicted octanol–water partition coefficient (Wildman–Crippen LogP) is 1.28. The highest BCUT2D eigenvalue weighted by molar-refractivity contribution is 9.10. The molecule has 2 aliphatic heterocycles. The van der Waals surface area contributed by atoms with Crippen LogP contribution in [0.15, 0.2) is 54.7 Å². The van der Waals surface area contributed by atoms with Gasteiger partial charge in [-0.2, -0.15) is 0 Å². The summed E-state index contributed by atoms with van der Waals surface area (Å²) >= 11 is 4.91. The van der Waals surface area contributed by atoms with Crippen molar-refractivity contribution in [1.82, 2.24) is 33.4 Å². The summed E-state index contributed by atoms with van der Waals surface area (Å²) in [6.45, 7) is 1.39. The minimum absolute atomic E-state index is 0.0537. The standard InChI is InChI=1S/C20H17BrN8O4S/c21-11-7-12-13(33-10-32-12)8-14(11)34-18-24-15-16(22)23-9-26(17(15)25-18)5-6-27-19(30)28-3-1-2-4-29(28)20(27)31/h1-2,7-9,22H,3-6,10H2,(H,24,25). The Labute approximate surface area is 203 Å². The van der Waals surface area contributed by atoms with Gasteiger partial charge < -0.3 is 19.0 Å². The minimum Gasteiger partial charge on any atom is -0.454 e. The molecule has 0 atom stereocenters. The summed E-state index contributed by atoms with van der Waals surface area (Å²) in [5.74, 6) is 1.33. The van der Waals surface area contributed by atoms with E-state index < -0.39 is 0 Å². The Bertz CT molecular complexity index is 1620. The van der Waals surface area contributed by atoms with Crippen LogP contribution in [-0.4, -0.2) is 40.2 Å². The van der Waals surface area contributed by atoms with E-state index in [0.29, 0.717) is 47.5 Å². The summed E-state index contributed by atoms with van der Waals surface area (Å²) in [6.07, 6.45) is 5.22. The van der Waals surface area contributed by atoms with E-state index in [1.165, 1.54) is 32.0 Å². The third kappa shape index (κ3) is 3.40. The van der Waals surface area contributed by atoms with Gasteiger partial charge in [-0.1, -0.05) is 23.9 Å². The number of allylic oxidation sites excluding steroid dienone is 2. The van der Waals surface area contributed by atoms with Crippen molar-refractivity contribution in [3.8, 4) is 11.5 Å². The van der Waals surface area contributed by atoms with Crippen molar-refractivity contribution in [2.75, 3.05) is 6.79 Å². The first-order chi connectivity index (χ1) is 16.5. The van der Waals surface area contributed by atoms with Gasteiger partial charge in [0.2, 0.25) is 6.79 Å². The van der Waals surface area contributed by atoms with Crippen molar-refractivity contribution in [3.63, 3.8) is 0 Å². The van der Waals surface area contributed by atoms with Crippen LogP contribution in [0.1, 0.15) is 0 Å². The van der Waals surface area contributed by atoms with Gasteiger partial charge >= 0.3 is 11.4 Å². The van der Waals surface area contributed by atoms with Crippen molar-refractivity contribution >= 4 is 38.9 Å². The monoisotopic (exact) mass is 544 g/mol. The molecular formula is C20H17BrN8O4S. The topological polar surface area (TPSA) is 138 Å². The lowest BCUT2D eigenvalue weighted by molar-refractivity contribution is 0.174. The van der Waals surface area contributed by atoms with Crippen LogP contribution in [0.5, 0.6) is 11.5 Å². The van der Waals surface area contributed by atoms with Crippen molar-refractivity contribution in [3.05, 3.63) is 61.5 Å². The van der Waals surface area contributed by atoms with Crippen LogP contribution < -0.4 is 26.3 Å². The molecule has 0 fully saturated rings. The highest BCUT2D eigenvalue weighted by Gasteiger charge is 2.19. The Morgan fingerprint density at radius 3 is 2.53 bits per heavy atom. The van der Waals surface area contributed by atoms with E-state index in [4.69, 9.17) is 14.9 Å². The number of hydrogen-bond acceptors (Lipinski definition) is 8. The highest BCUT2D eigenvalue weighted by Crippen LogP contribution is 2.42. The van der Waals surface area contributed by atoms with Crippen LogP contribution in [-0.2, 0) is 26.2 Å². The second-order valence-corrected chi connectivity index (χ2v) is 9.50. The second-order valence-electron chi connectivity index (χ2n) is 7.62. The molecule has 4 aromatic rings. The lowest BCUT2D eigenvalue weighted by Gasteiger charge is -2.08. The number of nitrogens with one attached hydrogen (secondary N) is 2. The molecule has 0 bridgehead atoms. The zero-order valence-corrected chi connectivity index (χ0v) is 19.9. The molecule has 0 spiro atoms. The molecule has 12 nitrogen and oxygen atoms in total. The fourth-order valence-corrected chi connectivity index (χ4v) is 5.30. The lowest BCUT2D eigenvalue weighted by atomic mass is 10.3. The number of nitrogens with zero attached hydrogens (tertiary/aromatic N) is 6. The third-order valence-corrected chi connectivity index (χ3v) is 7.48. The summed E-state index contributed by atoms with van der Waals surface area (Å²) in [6, 6.07) is 3.70. The van der Waals surface area contributed by atoms with Crippen LogP contribution in [0.2, 0.25) is 0 Å². The highest BCUT2D eigenvalue weighted by atomic mass is 79.9. The Morgan fingerprint density at radius 2 is 1.79 bits per heavy atom. The Kier molecular flexibility index (Phi) is 4.99. The van der Waals surface area contributed by atoms with Gasteiger partial charge in [0.05, 0.1) is 26.0 Å². The Balaban J connectivity index is 1.31. The maximum absolute atomic E-state index is 12.7. The maximum Gasteiger partial charge on any atom is 0.347 e. The molecule has 1 aromatic carbocycles. The van der Waals surface area contributed by atoms with Crippen molar-refractivity contribution in [2.24, 2.45) is 0 Å². The number of rotatable bonds is 5. The summed E-state index contributed by atoms with van der Waals surface area (Å²) in [5.41, 5.74) is 0.340. The SMILES string of the molecule is N=c1ncn(CCn2c(=O)n3n(c2=O)CC=CC3)c2nc(Sc3cc4c(cc3Br)OCO4)[nH]c12. The van der Waals surface area contributed by atoms with Gasteiger partial charge in [0.15, 0.2) is 27.8 Å². The number of H-pyrrole nitrogens is 1. The number of aromatic nitrogens is 7. The molecule has 3 aromatic heterocycles. The van der Waals surface area contributed by atoms with E-state index in [1.807, 2.05) is 24.3 Å². The zero-order valence-electron chi connectivity index (χ0n) is 17.5. The molecule has 0 aliphatic carbocycles. The number of fused-ring (bicyclic) bond motifs is 3. The smallest absolute Gasteiger partial charge is 0.347 e. The Morgan fingerprint density at radius 1 is 1.09 bits per heavy atom. The molecule has 0 amide bonds. The molecule has 0 saturated carbocycles. The van der Waals surface area contributed by atoms with Crippen molar-refractivity contribution in [2.45, 2.75) is 36.2 Å². The molecular weight excluding hydrogens is 528 g/mol. The molecule has 2 aliphatic rings. The maximum atomic E-state index is 12.7. The largest absolute Gasteiger partial charge is 0.454 e. The summed E-state index contributed by atoms with van der Waals surface area (Å²) in [7, 11) is 0. The molecule has 0 saturated heterocycles. The van der Waals surface area contributed by atoms with Crippen molar-refractivity contribution in [1.29, 1.82) is 5.41 Å². The van der Waals surface area contributed by atoms with Crippen molar-refractivity contribution < 1.29 is 9.47 Å². The number of halogens is 1. The van der Waals surface area contributed by atoms with E-state index in [2.05, 4.69) is 30.9 Å². The quantitative estimate of drug-likeness (QED) is 0.361. The Hall–Kier alpha value is -3.52. The molecule has 174 valence electrons. The molecule has 14 heteroatoms. The van der Waals surface area contributed by atoms with Gasteiger partial charge in [0.1, 0.15) is 5.52 Å². The number of imidazole rings is 1. The predicted molar refractivity (Wildman–Crippen MR) is 124 cm³/mol. The average Bonchev–Trinajstić information content (AvgIpc) is 3.52. The zero-order chi connectivity index (χ0) is 23.4. The van der Waals surface area contributed by atoms with Gasteiger partial charge in [-0.3, -0.25) is 5.41 Å². The number of benzene rings is 1. The molecule has 0 unspecified atom stereocenters. The summed E-state index contributed by atoms with van der Waals surface area (Å²) in [4.78, 5) is 38.1. The molecule has 0 radical (unpaired) electrons. The first kappa shape index (κ1) is 21.0. The van der Waals surface area contributed by atoms with E-state index in [1.54, 1.807) is 4.57 Å². The fraction of sp³-hybridized carbons (Fsp3) is 0.250. The lowest BCUT2D eigenvalue weighted by Crippen LogP contribution is -2.31. The van der Waals surface area contributed by atoms with Gasteiger partial charge in [0.25, 0.3) is 0 Å². The van der Waals surface area contributed by atoms with E-state index in [-0.39, 0.29) is 30.2 Å². The van der Waals surface area contributed by atoms with Gasteiger partial charge in [-0.05, 0) is 28.1 Å². The van der Waals surface area contributed by atoms with Crippen LogP contribution in [0.4, 0.5) is 0 Å². The normalized spacial score (nSPS) is 14.1. The average molecular weight is 545 g/mol. The van der Waals surface area contributed by atoms with Gasteiger partial charge in [-0.25, -0.2) is 33.5 Å². The number of ether oxygens (including phenoxy) is 2. The minimum atomic E-state index is -0.345. The van der Waals surface area contributed by atoms with Gasteiger partial charge in [0, 0.05) is 15.9 Å². The summed E-state index contributed by atoms with van der Waals surface area (Å²) < 4.78 is 17.5. The van der Waals surface area contributed by atoms with Crippen LogP contribution in [0.3, 0.4) is 0 Å². The molecule has 34 heavy (non-hydrogen) atoms. The van der Waals surface area contributed by atoms with E-state index >= 15 is 0 Å². The first-order valence-electron chi connectivity index (χ1n) is 10.3. The van der Waals surface area contributed by atoms with E-state index in [0.717, 1.165) is 9.37 Å². The molecule has 6 rings (SSSR count).